The maximum absolute atomic E-state index is 12.1. The molecule has 3 rings (SSSR count). The lowest BCUT2D eigenvalue weighted by atomic mass is 9.99. The second-order valence-corrected chi connectivity index (χ2v) is 8.98. The Morgan fingerprint density at radius 3 is 2.64 bits per heavy atom. The molecule has 1 amide bonds. The summed E-state index contributed by atoms with van der Waals surface area (Å²) in [6, 6.07) is 10.6. The predicted molar refractivity (Wildman–Crippen MR) is 118 cm³/mol. The van der Waals surface area contributed by atoms with Crippen LogP contribution in [-0.2, 0) is 11.3 Å². The lowest BCUT2D eigenvalue weighted by Gasteiger charge is -2.31. The number of hydrogen-bond acceptors (Lipinski definition) is 4. The van der Waals surface area contributed by atoms with Gasteiger partial charge in [0.05, 0.1) is 0 Å². The normalized spacial score (nSPS) is 14.9. The van der Waals surface area contributed by atoms with Crippen LogP contribution in [0.15, 0.2) is 41.4 Å². The van der Waals surface area contributed by atoms with Crippen LogP contribution in [0.25, 0.3) is 0 Å². The summed E-state index contributed by atoms with van der Waals surface area (Å²) in [7, 11) is 0. The number of carbonyl (C=O) groups is 1. The third-order valence-corrected chi connectivity index (χ3v) is 6.48. The maximum atomic E-state index is 12.1. The fourth-order valence-corrected chi connectivity index (χ4v) is 4.25. The summed E-state index contributed by atoms with van der Waals surface area (Å²) in [4.78, 5) is 20.3. The topological polar surface area (TPSA) is 45.2 Å². The number of thioether (sulfide) groups is 1. The molecule has 2 aromatic rings. The SMILES string of the molecule is Cc1ccc(SCCC(=O)NCc2ccc(N3CCC(C)CC3)nc2)cc1C. The van der Waals surface area contributed by atoms with Gasteiger partial charge in [0.15, 0.2) is 0 Å². The summed E-state index contributed by atoms with van der Waals surface area (Å²) >= 11 is 1.73. The molecule has 1 saturated heterocycles. The van der Waals surface area contributed by atoms with Crippen molar-refractivity contribution in [3.05, 3.63) is 53.2 Å². The Labute approximate surface area is 173 Å². The fraction of sp³-hybridized carbons (Fsp3) is 0.478. The number of nitrogens with one attached hydrogen (secondary N) is 1. The van der Waals surface area contributed by atoms with E-state index in [4.69, 9.17) is 0 Å². The molecule has 0 saturated carbocycles. The van der Waals surface area contributed by atoms with Crippen LogP contribution in [0.3, 0.4) is 0 Å². The summed E-state index contributed by atoms with van der Waals surface area (Å²) in [6.07, 6.45) is 4.88. The van der Waals surface area contributed by atoms with E-state index >= 15 is 0 Å². The Balaban J connectivity index is 1.38. The quantitative estimate of drug-likeness (QED) is 0.686. The van der Waals surface area contributed by atoms with Crippen molar-refractivity contribution >= 4 is 23.5 Å². The second-order valence-electron chi connectivity index (χ2n) is 7.82. The number of carbonyl (C=O) groups excluding carboxylic acids is 1. The lowest BCUT2D eigenvalue weighted by Crippen LogP contribution is -2.33. The predicted octanol–water partition coefficient (Wildman–Crippen LogP) is 4.73. The summed E-state index contributed by atoms with van der Waals surface area (Å²) in [6.45, 7) is 9.27. The van der Waals surface area contributed by atoms with Gasteiger partial charge in [0, 0.05) is 42.9 Å². The van der Waals surface area contributed by atoms with Crippen molar-refractivity contribution in [2.45, 2.75) is 51.5 Å². The Hall–Kier alpha value is -2.01. The number of anilines is 1. The van der Waals surface area contributed by atoms with E-state index in [2.05, 4.69) is 66.3 Å². The van der Waals surface area contributed by atoms with E-state index in [1.807, 2.05) is 6.20 Å². The van der Waals surface area contributed by atoms with E-state index in [9.17, 15) is 4.79 Å². The number of hydrogen-bond donors (Lipinski definition) is 1. The molecule has 5 heteroatoms. The van der Waals surface area contributed by atoms with Gasteiger partial charge < -0.3 is 10.2 Å². The van der Waals surface area contributed by atoms with Gasteiger partial charge in [-0.15, -0.1) is 11.8 Å². The zero-order chi connectivity index (χ0) is 19.9. The van der Waals surface area contributed by atoms with Gasteiger partial charge in [0.25, 0.3) is 0 Å². The molecule has 1 N–H and O–H groups in total. The first-order valence-electron chi connectivity index (χ1n) is 10.2. The van der Waals surface area contributed by atoms with E-state index in [0.29, 0.717) is 13.0 Å². The number of nitrogens with zero attached hydrogens (tertiary/aromatic N) is 2. The molecule has 1 aromatic heterocycles. The Morgan fingerprint density at radius 1 is 1.18 bits per heavy atom. The third kappa shape index (κ3) is 5.99. The number of aryl methyl sites for hydroxylation is 2. The minimum Gasteiger partial charge on any atom is -0.357 e. The molecule has 0 radical (unpaired) electrons. The van der Waals surface area contributed by atoms with Crippen LogP contribution in [0.4, 0.5) is 5.82 Å². The molecule has 1 aliphatic rings. The first kappa shape index (κ1) is 20.7. The van der Waals surface area contributed by atoms with Gasteiger partial charge in [-0.25, -0.2) is 4.98 Å². The molecule has 0 spiro atoms. The van der Waals surface area contributed by atoms with Crippen LogP contribution in [0, 0.1) is 19.8 Å². The number of aromatic nitrogens is 1. The molecule has 4 nitrogen and oxygen atoms in total. The molecule has 150 valence electrons. The van der Waals surface area contributed by atoms with Gasteiger partial charge in [-0.3, -0.25) is 4.79 Å². The van der Waals surface area contributed by atoms with Crippen LogP contribution in [0.2, 0.25) is 0 Å². The Bertz CT molecular complexity index is 783. The highest BCUT2D eigenvalue weighted by Crippen LogP contribution is 2.22. The van der Waals surface area contributed by atoms with Crippen molar-refractivity contribution in [2.75, 3.05) is 23.7 Å². The standard InChI is InChI=1S/C23H31N3OS/c1-17-8-11-26(12-9-17)22-7-5-20(15-24-22)16-25-23(27)10-13-28-21-6-4-18(2)19(3)14-21/h4-7,14-15,17H,8-13,16H2,1-3H3,(H,25,27). The highest BCUT2D eigenvalue weighted by atomic mass is 32.2. The summed E-state index contributed by atoms with van der Waals surface area (Å²) < 4.78 is 0. The number of rotatable bonds is 7. The minimum absolute atomic E-state index is 0.0884. The first-order valence-corrected chi connectivity index (χ1v) is 11.2. The number of pyridine rings is 1. The molecule has 0 aliphatic carbocycles. The average molecular weight is 398 g/mol. The molecule has 1 aliphatic heterocycles. The van der Waals surface area contributed by atoms with Crippen LogP contribution in [0.1, 0.15) is 42.9 Å². The molecule has 1 aromatic carbocycles. The molecular weight excluding hydrogens is 366 g/mol. The van der Waals surface area contributed by atoms with Gasteiger partial charge in [0.2, 0.25) is 5.91 Å². The fourth-order valence-electron chi connectivity index (χ4n) is 3.30. The molecule has 1 fully saturated rings. The van der Waals surface area contributed by atoms with Crippen molar-refractivity contribution in [1.29, 1.82) is 0 Å². The minimum atomic E-state index is 0.0884. The van der Waals surface area contributed by atoms with E-state index < -0.39 is 0 Å². The van der Waals surface area contributed by atoms with E-state index in [1.54, 1.807) is 11.8 Å². The van der Waals surface area contributed by atoms with Crippen molar-refractivity contribution < 1.29 is 4.79 Å². The smallest absolute Gasteiger partial charge is 0.221 e. The van der Waals surface area contributed by atoms with Crippen molar-refractivity contribution in [2.24, 2.45) is 5.92 Å². The summed E-state index contributed by atoms with van der Waals surface area (Å²) in [5.41, 5.74) is 3.64. The Kier molecular flexibility index (Phi) is 7.37. The number of benzene rings is 1. The first-order chi connectivity index (χ1) is 13.5. The van der Waals surface area contributed by atoms with Crippen LogP contribution < -0.4 is 10.2 Å². The zero-order valence-corrected chi connectivity index (χ0v) is 18.0. The van der Waals surface area contributed by atoms with Gasteiger partial charge in [-0.05, 0) is 67.5 Å². The monoisotopic (exact) mass is 397 g/mol. The highest BCUT2D eigenvalue weighted by molar-refractivity contribution is 7.99. The van der Waals surface area contributed by atoms with Crippen LogP contribution in [-0.4, -0.2) is 29.7 Å². The van der Waals surface area contributed by atoms with Crippen molar-refractivity contribution in [3.63, 3.8) is 0 Å². The van der Waals surface area contributed by atoms with Gasteiger partial charge >= 0.3 is 0 Å². The van der Waals surface area contributed by atoms with E-state index in [-0.39, 0.29) is 5.91 Å². The molecule has 2 heterocycles. The molecular formula is C23H31N3OS. The lowest BCUT2D eigenvalue weighted by molar-refractivity contribution is -0.120. The Morgan fingerprint density at radius 2 is 1.96 bits per heavy atom. The third-order valence-electron chi connectivity index (χ3n) is 5.48. The zero-order valence-electron chi connectivity index (χ0n) is 17.2. The van der Waals surface area contributed by atoms with Crippen LogP contribution in [0.5, 0.6) is 0 Å². The van der Waals surface area contributed by atoms with Crippen molar-refractivity contribution in [3.8, 4) is 0 Å². The maximum Gasteiger partial charge on any atom is 0.221 e. The number of piperidine rings is 1. The van der Waals surface area contributed by atoms with Gasteiger partial charge in [-0.1, -0.05) is 19.1 Å². The van der Waals surface area contributed by atoms with Gasteiger partial charge in [-0.2, -0.15) is 0 Å². The molecule has 0 bridgehead atoms. The average Bonchev–Trinajstić information content (AvgIpc) is 2.70. The highest BCUT2D eigenvalue weighted by Gasteiger charge is 2.16. The summed E-state index contributed by atoms with van der Waals surface area (Å²) in [5, 5.41) is 3.00. The van der Waals surface area contributed by atoms with Crippen LogP contribution >= 0.6 is 11.8 Å². The molecule has 28 heavy (non-hydrogen) atoms. The van der Waals surface area contributed by atoms with E-state index in [0.717, 1.165) is 36.1 Å². The summed E-state index contributed by atoms with van der Waals surface area (Å²) in [5.74, 6) is 2.75. The number of amides is 1. The van der Waals surface area contributed by atoms with E-state index in [1.165, 1.54) is 28.9 Å². The van der Waals surface area contributed by atoms with Crippen molar-refractivity contribution in [1.82, 2.24) is 10.3 Å². The second kappa shape index (κ2) is 9.97. The molecule has 0 atom stereocenters. The largest absolute Gasteiger partial charge is 0.357 e. The molecule has 0 unspecified atom stereocenters. The van der Waals surface area contributed by atoms with Gasteiger partial charge in [0.1, 0.15) is 5.82 Å².